The molecule has 11 heteroatoms. The lowest BCUT2D eigenvalue weighted by molar-refractivity contribution is -0.138. The highest BCUT2D eigenvalue weighted by atomic mass is 19.4. The van der Waals surface area contributed by atoms with Gasteiger partial charge in [-0.1, -0.05) is 6.07 Å². The lowest BCUT2D eigenvalue weighted by Gasteiger charge is -2.42. The average molecular weight is 514 g/mol. The van der Waals surface area contributed by atoms with Crippen LogP contribution in [0, 0.1) is 0 Å². The Bertz CT molecular complexity index is 1350. The predicted molar refractivity (Wildman–Crippen MR) is 126 cm³/mol. The maximum absolute atomic E-state index is 13.7. The highest BCUT2D eigenvalue weighted by Crippen LogP contribution is 2.42. The molecule has 1 aliphatic carbocycles. The number of fused-ring (bicyclic) bond motifs is 1. The number of nitrogens with zero attached hydrogens (tertiary/aromatic N) is 5. The SMILES string of the molecule is Cn1cnnc1CC1(c2cc(OC3CCCC3)nc(N3Cc4c(cccc4C(F)(F)F)C3=O)c2)COC1. The number of carbonyl (C=O) groups is 1. The number of rotatable bonds is 6. The zero-order valence-corrected chi connectivity index (χ0v) is 20.3. The fraction of sp³-hybridized carbons (Fsp3) is 0.462. The minimum atomic E-state index is -4.56. The molecule has 2 aromatic heterocycles. The number of hydrogen-bond donors (Lipinski definition) is 0. The summed E-state index contributed by atoms with van der Waals surface area (Å²) in [7, 11) is 1.87. The van der Waals surface area contributed by atoms with Gasteiger partial charge in [0.1, 0.15) is 24.1 Å². The first-order valence-corrected chi connectivity index (χ1v) is 12.3. The van der Waals surface area contributed by atoms with Gasteiger partial charge in [0.05, 0.1) is 25.3 Å². The van der Waals surface area contributed by atoms with Crippen LogP contribution in [0.4, 0.5) is 19.0 Å². The van der Waals surface area contributed by atoms with Crippen LogP contribution in [0.2, 0.25) is 0 Å². The summed E-state index contributed by atoms with van der Waals surface area (Å²) in [6, 6.07) is 7.35. The number of hydrogen-bond acceptors (Lipinski definition) is 6. The number of amides is 1. The normalized spacial score (nSPS) is 19.2. The summed E-state index contributed by atoms with van der Waals surface area (Å²) >= 11 is 0. The Morgan fingerprint density at radius 2 is 1.97 bits per heavy atom. The molecule has 6 rings (SSSR count). The van der Waals surface area contributed by atoms with Gasteiger partial charge >= 0.3 is 6.18 Å². The van der Waals surface area contributed by atoms with E-state index in [1.54, 1.807) is 12.4 Å². The molecule has 8 nitrogen and oxygen atoms in total. The topological polar surface area (TPSA) is 82.4 Å². The van der Waals surface area contributed by atoms with Crippen LogP contribution in [-0.2, 0) is 36.3 Å². The fourth-order valence-electron chi connectivity index (χ4n) is 5.45. The summed E-state index contributed by atoms with van der Waals surface area (Å²) in [4.78, 5) is 19.2. The fourth-order valence-corrected chi connectivity index (χ4v) is 5.45. The number of benzene rings is 1. The van der Waals surface area contributed by atoms with Crippen LogP contribution in [0.1, 0.15) is 58.6 Å². The molecular weight excluding hydrogens is 487 g/mol. The first kappa shape index (κ1) is 23.9. The van der Waals surface area contributed by atoms with E-state index in [1.807, 2.05) is 17.7 Å². The summed E-state index contributed by atoms with van der Waals surface area (Å²) in [5.41, 5.74) is -0.392. The van der Waals surface area contributed by atoms with Gasteiger partial charge in [0.2, 0.25) is 5.88 Å². The molecule has 3 aliphatic rings. The van der Waals surface area contributed by atoms with E-state index in [1.165, 1.54) is 17.0 Å². The van der Waals surface area contributed by atoms with Crippen LogP contribution in [-0.4, -0.2) is 45.0 Å². The first-order chi connectivity index (χ1) is 17.7. The van der Waals surface area contributed by atoms with Gasteiger partial charge in [-0.3, -0.25) is 9.69 Å². The predicted octanol–water partition coefficient (Wildman–Crippen LogP) is 4.22. The number of pyridine rings is 1. The molecule has 0 N–H and O–H groups in total. The molecule has 0 radical (unpaired) electrons. The molecular formula is C26H26F3N5O3. The van der Waals surface area contributed by atoms with Crippen LogP contribution in [0.5, 0.6) is 5.88 Å². The van der Waals surface area contributed by atoms with Crippen molar-refractivity contribution in [1.29, 1.82) is 0 Å². The van der Waals surface area contributed by atoms with Gasteiger partial charge in [-0.05, 0) is 55.0 Å². The largest absolute Gasteiger partial charge is 0.474 e. The van der Waals surface area contributed by atoms with E-state index in [4.69, 9.17) is 9.47 Å². The summed E-state index contributed by atoms with van der Waals surface area (Å²) in [5.74, 6) is 0.900. The van der Waals surface area contributed by atoms with E-state index in [0.29, 0.717) is 25.5 Å². The Hall–Kier alpha value is -3.47. The lowest BCUT2D eigenvalue weighted by atomic mass is 9.75. The van der Waals surface area contributed by atoms with Crippen molar-refractivity contribution >= 4 is 11.7 Å². The van der Waals surface area contributed by atoms with Gasteiger partial charge in [0.15, 0.2) is 0 Å². The Kier molecular flexibility index (Phi) is 5.70. The highest BCUT2D eigenvalue weighted by molar-refractivity contribution is 6.09. The van der Waals surface area contributed by atoms with Gasteiger partial charge in [-0.2, -0.15) is 18.2 Å². The van der Waals surface area contributed by atoms with Gasteiger partial charge in [-0.15, -0.1) is 10.2 Å². The number of ether oxygens (including phenoxy) is 2. The van der Waals surface area contributed by atoms with Gasteiger partial charge < -0.3 is 14.0 Å². The van der Waals surface area contributed by atoms with Crippen LogP contribution < -0.4 is 9.64 Å². The Labute approximate surface area is 211 Å². The number of aryl methyl sites for hydroxylation is 1. The van der Waals surface area contributed by atoms with Crippen LogP contribution in [0.3, 0.4) is 0 Å². The molecule has 37 heavy (non-hydrogen) atoms. The summed E-state index contributed by atoms with van der Waals surface area (Å²) in [6.07, 6.45) is 1.61. The third-order valence-electron chi connectivity index (χ3n) is 7.60. The van der Waals surface area contributed by atoms with E-state index in [9.17, 15) is 18.0 Å². The quantitative estimate of drug-likeness (QED) is 0.491. The minimum absolute atomic E-state index is 0.0197. The molecule has 0 unspecified atom stereocenters. The number of carbonyl (C=O) groups excluding carboxylic acids is 1. The second-order valence-electron chi connectivity index (χ2n) is 10.1. The van der Waals surface area contributed by atoms with Crippen molar-refractivity contribution in [2.45, 2.75) is 56.3 Å². The molecule has 1 aromatic carbocycles. The molecule has 4 heterocycles. The Morgan fingerprint density at radius 1 is 1.19 bits per heavy atom. The minimum Gasteiger partial charge on any atom is -0.474 e. The second-order valence-corrected chi connectivity index (χ2v) is 10.1. The van der Waals surface area contributed by atoms with Crippen molar-refractivity contribution in [3.05, 3.63) is 64.7 Å². The summed E-state index contributed by atoms with van der Waals surface area (Å²) in [5, 5.41) is 8.20. The van der Waals surface area contributed by atoms with Crippen molar-refractivity contribution in [2.75, 3.05) is 18.1 Å². The molecule has 2 fully saturated rings. The van der Waals surface area contributed by atoms with Gasteiger partial charge in [0.25, 0.3) is 5.91 Å². The molecule has 194 valence electrons. The number of alkyl halides is 3. The zero-order chi connectivity index (χ0) is 25.8. The number of anilines is 1. The molecule has 2 aliphatic heterocycles. The van der Waals surface area contributed by atoms with E-state index < -0.39 is 23.1 Å². The molecule has 0 spiro atoms. The van der Waals surface area contributed by atoms with Crippen LogP contribution in [0.15, 0.2) is 36.7 Å². The molecule has 3 aromatic rings. The third kappa shape index (κ3) is 4.24. The molecule has 1 saturated heterocycles. The van der Waals surface area contributed by atoms with E-state index >= 15 is 0 Å². The van der Waals surface area contributed by atoms with E-state index in [2.05, 4.69) is 15.2 Å². The summed E-state index contributed by atoms with van der Waals surface area (Å²) < 4.78 is 54.7. The van der Waals surface area contributed by atoms with Crippen molar-refractivity contribution in [1.82, 2.24) is 19.7 Å². The van der Waals surface area contributed by atoms with Crippen molar-refractivity contribution in [3.63, 3.8) is 0 Å². The standard InChI is InChI=1S/C26H26F3N5O3/c1-33-15-30-32-22(33)11-25(13-36-14-25)16-9-21(31-23(10-16)37-17-5-2-3-6-17)34-12-19-18(24(34)35)7-4-8-20(19)26(27,28)29/h4,7-10,15,17H,2-3,5-6,11-14H2,1H3. The number of aromatic nitrogens is 4. The molecule has 1 saturated carbocycles. The Morgan fingerprint density at radius 3 is 2.62 bits per heavy atom. The van der Waals surface area contributed by atoms with Crippen molar-refractivity contribution in [3.8, 4) is 5.88 Å². The second kappa shape index (κ2) is 8.83. The average Bonchev–Trinajstić information content (AvgIpc) is 3.57. The number of halogens is 3. The third-order valence-corrected chi connectivity index (χ3v) is 7.60. The van der Waals surface area contributed by atoms with Gasteiger partial charge in [-0.25, -0.2) is 0 Å². The van der Waals surface area contributed by atoms with Crippen molar-refractivity contribution in [2.24, 2.45) is 7.05 Å². The monoisotopic (exact) mass is 513 g/mol. The maximum atomic E-state index is 13.7. The van der Waals surface area contributed by atoms with E-state index in [-0.39, 0.29) is 29.6 Å². The molecule has 1 amide bonds. The highest BCUT2D eigenvalue weighted by Gasteiger charge is 2.44. The van der Waals surface area contributed by atoms with Gasteiger partial charge in [0, 0.05) is 30.5 Å². The summed E-state index contributed by atoms with van der Waals surface area (Å²) in [6.45, 7) is 0.646. The lowest BCUT2D eigenvalue weighted by Crippen LogP contribution is -2.49. The molecule has 0 bridgehead atoms. The first-order valence-electron chi connectivity index (χ1n) is 12.3. The van der Waals surface area contributed by atoms with Crippen LogP contribution in [0.25, 0.3) is 0 Å². The van der Waals surface area contributed by atoms with Crippen molar-refractivity contribution < 1.29 is 27.4 Å². The zero-order valence-electron chi connectivity index (χ0n) is 20.3. The molecule has 0 atom stereocenters. The van der Waals surface area contributed by atoms with Crippen LogP contribution >= 0.6 is 0 Å². The van der Waals surface area contributed by atoms with E-state index in [0.717, 1.165) is 43.1 Å². The Balaban J connectivity index is 1.40. The smallest absolute Gasteiger partial charge is 0.416 e. The maximum Gasteiger partial charge on any atom is 0.416 e.